The Morgan fingerprint density at radius 1 is 1.32 bits per heavy atom. The minimum atomic E-state index is -0.128. The third-order valence-corrected chi connectivity index (χ3v) is 3.86. The molecule has 0 atom stereocenters. The molecular formula is C16H25FN2. The van der Waals surface area contributed by atoms with Crippen LogP contribution in [0.1, 0.15) is 37.8 Å². The molecule has 2 nitrogen and oxygen atoms in total. The van der Waals surface area contributed by atoms with Crippen LogP contribution in [0, 0.1) is 12.7 Å². The fourth-order valence-corrected chi connectivity index (χ4v) is 2.78. The van der Waals surface area contributed by atoms with Crippen molar-refractivity contribution in [3.8, 4) is 0 Å². The molecule has 0 aliphatic carbocycles. The number of piperidine rings is 1. The second-order valence-electron chi connectivity index (χ2n) is 5.94. The van der Waals surface area contributed by atoms with Gasteiger partial charge in [-0.3, -0.25) is 4.90 Å². The van der Waals surface area contributed by atoms with Gasteiger partial charge in [-0.25, -0.2) is 4.39 Å². The molecule has 0 spiro atoms. The summed E-state index contributed by atoms with van der Waals surface area (Å²) < 4.78 is 13.3. The van der Waals surface area contributed by atoms with Crippen LogP contribution < -0.4 is 5.32 Å². The molecule has 1 heterocycles. The van der Waals surface area contributed by atoms with Gasteiger partial charge in [0.05, 0.1) is 0 Å². The maximum Gasteiger partial charge on any atom is 0.123 e. The number of hydrogen-bond acceptors (Lipinski definition) is 2. The Labute approximate surface area is 116 Å². The van der Waals surface area contributed by atoms with Gasteiger partial charge >= 0.3 is 0 Å². The maximum absolute atomic E-state index is 13.3. The Bertz CT molecular complexity index is 409. The van der Waals surface area contributed by atoms with Crippen molar-refractivity contribution in [1.29, 1.82) is 0 Å². The molecule has 1 aromatic carbocycles. The van der Waals surface area contributed by atoms with E-state index in [-0.39, 0.29) is 5.82 Å². The van der Waals surface area contributed by atoms with Gasteiger partial charge in [-0.15, -0.1) is 0 Å². The lowest BCUT2D eigenvalue weighted by Gasteiger charge is -2.33. The first kappa shape index (κ1) is 14.5. The molecule has 1 saturated heterocycles. The zero-order valence-electron chi connectivity index (χ0n) is 12.2. The highest BCUT2D eigenvalue weighted by atomic mass is 19.1. The molecule has 0 saturated carbocycles. The predicted molar refractivity (Wildman–Crippen MR) is 77.7 cm³/mol. The first-order valence-corrected chi connectivity index (χ1v) is 7.28. The smallest absolute Gasteiger partial charge is 0.123 e. The van der Waals surface area contributed by atoms with Crippen molar-refractivity contribution in [2.75, 3.05) is 13.1 Å². The molecule has 0 amide bonds. The Morgan fingerprint density at radius 3 is 2.63 bits per heavy atom. The number of hydrogen-bond donors (Lipinski definition) is 1. The molecule has 0 bridgehead atoms. The highest BCUT2D eigenvalue weighted by molar-refractivity contribution is 5.26. The summed E-state index contributed by atoms with van der Waals surface area (Å²) in [6.07, 6.45) is 2.37. The third-order valence-electron chi connectivity index (χ3n) is 3.86. The summed E-state index contributed by atoms with van der Waals surface area (Å²) in [4.78, 5) is 2.43. The normalized spacial score (nSPS) is 18.2. The van der Waals surface area contributed by atoms with E-state index in [0.717, 1.165) is 25.2 Å². The Hall–Kier alpha value is -0.930. The summed E-state index contributed by atoms with van der Waals surface area (Å²) in [5.74, 6) is -0.128. The van der Waals surface area contributed by atoms with E-state index in [2.05, 4.69) is 31.0 Å². The SMILES string of the molecule is Cc1ccc(F)cc1CN1CCC(NC(C)C)CC1. The number of halogens is 1. The molecule has 3 heteroatoms. The average Bonchev–Trinajstić information content (AvgIpc) is 2.35. The Morgan fingerprint density at radius 2 is 2.00 bits per heavy atom. The monoisotopic (exact) mass is 264 g/mol. The largest absolute Gasteiger partial charge is 0.312 e. The van der Waals surface area contributed by atoms with Gasteiger partial charge in [0.15, 0.2) is 0 Å². The molecule has 1 fully saturated rings. The lowest BCUT2D eigenvalue weighted by Crippen LogP contribution is -2.44. The van der Waals surface area contributed by atoms with E-state index in [4.69, 9.17) is 0 Å². The minimum absolute atomic E-state index is 0.128. The van der Waals surface area contributed by atoms with Gasteiger partial charge in [0, 0.05) is 18.6 Å². The molecule has 106 valence electrons. The summed E-state index contributed by atoms with van der Waals surface area (Å²) in [7, 11) is 0. The zero-order chi connectivity index (χ0) is 13.8. The van der Waals surface area contributed by atoms with Crippen LogP contribution in [-0.4, -0.2) is 30.1 Å². The number of nitrogens with zero attached hydrogens (tertiary/aromatic N) is 1. The van der Waals surface area contributed by atoms with Crippen LogP contribution in [0.2, 0.25) is 0 Å². The van der Waals surface area contributed by atoms with Crippen molar-refractivity contribution >= 4 is 0 Å². The van der Waals surface area contributed by atoms with Crippen molar-refractivity contribution in [3.63, 3.8) is 0 Å². The van der Waals surface area contributed by atoms with Gasteiger partial charge in [0.2, 0.25) is 0 Å². The van der Waals surface area contributed by atoms with E-state index in [1.807, 2.05) is 6.07 Å². The number of benzene rings is 1. The summed E-state index contributed by atoms with van der Waals surface area (Å²) in [6.45, 7) is 9.52. The van der Waals surface area contributed by atoms with E-state index < -0.39 is 0 Å². The average molecular weight is 264 g/mol. The van der Waals surface area contributed by atoms with Crippen LogP contribution in [0.25, 0.3) is 0 Å². The van der Waals surface area contributed by atoms with Gasteiger partial charge in [-0.1, -0.05) is 19.9 Å². The minimum Gasteiger partial charge on any atom is -0.312 e. The number of aryl methyl sites for hydroxylation is 1. The second-order valence-corrected chi connectivity index (χ2v) is 5.94. The van der Waals surface area contributed by atoms with Crippen LogP contribution in [0.4, 0.5) is 4.39 Å². The van der Waals surface area contributed by atoms with Crippen LogP contribution in [0.3, 0.4) is 0 Å². The van der Waals surface area contributed by atoms with E-state index in [1.54, 1.807) is 6.07 Å². The molecule has 1 aromatic rings. The number of nitrogens with one attached hydrogen (secondary N) is 1. The molecule has 1 aliphatic rings. The fraction of sp³-hybridized carbons (Fsp3) is 0.625. The first-order chi connectivity index (χ1) is 9.04. The Balaban J connectivity index is 1.87. The first-order valence-electron chi connectivity index (χ1n) is 7.28. The van der Waals surface area contributed by atoms with Gasteiger partial charge < -0.3 is 5.32 Å². The highest BCUT2D eigenvalue weighted by Gasteiger charge is 2.19. The molecular weight excluding hydrogens is 239 g/mol. The van der Waals surface area contributed by atoms with Crippen LogP contribution in [-0.2, 0) is 6.54 Å². The molecule has 0 aromatic heterocycles. The standard InChI is InChI=1S/C16H25FN2/c1-12(2)18-16-6-8-19(9-7-16)11-14-10-15(17)5-4-13(14)3/h4-5,10,12,16,18H,6-9,11H2,1-3H3. The molecule has 0 radical (unpaired) electrons. The molecule has 2 rings (SSSR count). The van der Waals surface area contributed by atoms with Gasteiger partial charge in [-0.2, -0.15) is 0 Å². The zero-order valence-corrected chi connectivity index (χ0v) is 12.2. The second kappa shape index (κ2) is 6.49. The third kappa shape index (κ3) is 4.29. The number of likely N-dealkylation sites (tertiary alicyclic amines) is 1. The lowest BCUT2D eigenvalue weighted by atomic mass is 10.0. The van der Waals surface area contributed by atoms with E-state index in [0.29, 0.717) is 12.1 Å². The van der Waals surface area contributed by atoms with Crippen LogP contribution >= 0.6 is 0 Å². The van der Waals surface area contributed by atoms with E-state index in [9.17, 15) is 4.39 Å². The van der Waals surface area contributed by atoms with E-state index >= 15 is 0 Å². The summed E-state index contributed by atoms with van der Waals surface area (Å²) >= 11 is 0. The van der Waals surface area contributed by atoms with Crippen LogP contribution in [0.15, 0.2) is 18.2 Å². The van der Waals surface area contributed by atoms with Crippen LogP contribution in [0.5, 0.6) is 0 Å². The summed E-state index contributed by atoms with van der Waals surface area (Å²) in [6, 6.07) is 6.29. The summed E-state index contributed by atoms with van der Waals surface area (Å²) in [5.41, 5.74) is 2.30. The quantitative estimate of drug-likeness (QED) is 0.899. The molecule has 1 aliphatic heterocycles. The fourth-order valence-electron chi connectivity index (χ4n) is 2.78. The van der Waals surface area contributed by atoms with Gasteiger partial charge in [0.1, 0.15) is 5.82 Å². The number of rotatable bonds is 4. The van der Waals surface area contributed by atoms with Crippen molar-refractivity contribution in [2.45, 2.75) is 52.2 Å². The maximum atomic E-state index is 13.3. The molecule has 0 unspecified atom stereocenters. The highest BCUT2D eigenvalue weighted by Crippen LogP contribution is 2.17. The van der Waals surface area contributed by atoms with Gasteiger partial charge in [-0.05, 0) is 56.1 Å². The predicted octanol–water partition coefficient (Wildman–Crippen LogP) is 3.10. The molecule has 19 heavy (non-hydrogen) atoms. The van der Waals surface area contributed by atoms with Crippen molar-refractivity contribution < 1.29 is 4.39 Å². The lowest BCUT2D eigenvalue weighted by molar-refractivity contribution is 0.186. The topological polar surface area (TPSA) is 15.3 Å². The summed E-state index contributed by atoms with van der Waals surface area (Å²) in [5, 5.41) is 3.60. The van der Waals surface area contributed by atoms with Crippen molar-refractivity contribution in [1.82, 2.24) is 10.2 Å². The molecule has 1 N–H and O–H groups in total. The van der Waals surface area contributed by atoms with Crippen molar-refractivity contribution in [2.24, 2.45) is 0 Å². The van der Waals surface area contributed by atoms with Crippen molar-refractivity contribution in [3.05, 3.63) is 35.1 Å². The van der Waals surface area contributed by atoms with E-state index in [1.165, 1.54) is 24.5 Å². The van der Waals surface area contributed by atoms with Gasteiger partial charge in [0.25, 0.3) is 0 Å². The Kier molecular flexibility index (Phi) is 4.94.